The van der Waals surface area contributed by atoms with E-state index >= 15 is 0 Å². The van der Waals surface area contributed by atoms with E-state index in [9.17, 15) is 4.79 Å². The molecule has 0 spiro atoms. The lowest BCUT2D eigenvalue weighted by atomic mass is 10.2. The molecule has 0 aliphatic carbocycles. The van der Waals surface area contributed by atoms with Gasteiger partial charge in [0.25, 0.3) is 0 Å². The van der Waals surface area contributed by atoms with Crippen LogP contribution in [0.1, 0.15) is 5.56 Å². The van der Waals surface area contributed by atoms with Crippen molar-refractivity contribution in [2.75, 3.05) is 6.61 Å². The van der Waals surface area contributed by atoms with E-state index in [2.05, 4.69) is 10.6 Å². The molecule has 1 fully saturated rings. The molecule has 0 bridgehead atoms. The molecule has 1 amide bonds. The van der Waals surface area contributed by atoms with Crippen LogP contribution < -0.4 is 10.6 Å². The third-order valence-electron chi connectivity index (χ3n) is 2.07. The molecule has 1 saturated heterocycles. The van der Waals surface area contributed by atoms with Gasteiger partial charge in [0.2, 0.25) is 0 Å². The second kappa shape index (κ2) is 4.11. The smallest absolute Gasteiger partial charge is 0.408 e. The van der Waals surface area contributed by atoms with E-state index in [4.69, 9.17) is 4.74 Å². The highest BCUT2D eigenvalue weighted by atomic mass is 16.6. The summed E-state index contributed by atoms with van der Waals surface area (Å²) in [5.41, 5.74) is 1.19. The molecule has 4 heteroatoms. The van der Waals surface area contributed by atoms with Gasteiger partial charge in [-0.05, 0) is 5.56 Å². The topological polar surface area (TPSA) is 50.4 Å². The normalized spacial score (nSPS) is 20.3. The minimum absolute atomic E-state index is 0.0669. The van der Waals surface area contributed by atoms with Crippen molar-refractivity contribution >= 4 is 6.09 Å². The molecular formula is C10H12N2O2. The molecule has 1 unspecified atom stereocenters. The highest BCUT2D eigenvalue weighted by Gasteiger charge is 2.20. The molecule has 1 aliphatic heterocycles. The molecule has 4 nitrogen and oxygen atoms in total. The average molecular weight is 192 g/mol. The standard InChI is InChI=1S/C10H12N2O2/c13-10-12-9(7-14-10)11-6-8-4-2-1-3-5-8/h1-5,9,11H,6-7H2,(H,12,13). The van der Waals surface area contributed by atoms with Crippen LogP contribution in [0.4, 0.5) is 4.79 Å². The Labute approximate surface area is 82.3 Å². The summed E-state index contributed by atoms with van der Waals surface area (Å²) in [6.45, 7) is 1.13. The number of carbonyl (C=O) groups excluding carboxylic acids is 1. The lowest BCUT2D eigenvalue weighted by molar-refractivity contribution is 0.176. The van der Waals surface area contributed by atoms with Gasteiger partial charge >= 0.3 is 6.09 Å². The lowest BCUT2D eigenvalue weighted by Gasteiger charge is -2.09. The van der Waals surface area contributed by atoms with Crippen LogP contribution in [0.3, 0.4) is 0 Å². The molecule has 2 N–H and O–H groups in total. The van der Waals surface area contributed by atoms with Crippen LogP contribution in [0.15, 0.2) is 30.3 Å². The summed E-state index contributed by atoms with van der Waals surface area (Å²) in [5, 5.41) is 5.82. The van der Waals surface area contributed by atoms with Crippen LogP contribution >= 0.6 is 0 Å². The van der Waals surface area contributed by atoms with Crippen molar-refractivity contribution in [1.29, 1.82) is 0 Å². The monoisotopic (exact) mass is 192 g/mol. The van der Waals surface area contributed by atoms with Gasteiger partial charge in [-0.2, -0.15) is 0 Å². The van der Waals surface area contributed by atoms with E-state index in [1.165, 1.54) is 5.56 Å². The number of hydrogen-bond acceptors (Lipinski definition) is 3. The average Bonchev–Trinajstić information content (AvgIpc) is 2.63. The largest absolute Gasteiger partial charge is 0.446 e. The zero-order chi connectivity index (χ0) is 9.80. The van der Waals surface area contributed by atoms with Gasteiger partial charge in [-0.1, -0.05) is 30.3 Å². The van der Waals surface area contributed by atoms with Gasteiger partial charge in [0.1, 0.15) is 12.8 Å². The van der Waals surface area contributed by atoms with E-state index in [1.807, 2.05) is 30.3 Å². The third kappa shape index (κ3) is 2.23. The van der Waals surface area contributed by atoms with Crippen molar-refractivity contribution in [3.63, 3.8) is 0 Å². The molecule has 2 rings (SSSR count). The first-order valence-electron chi connectivity index (χ1n) is 4.55. The Morgan fingerprint density at radius 3 is 2.86 bits per heavy atom. The molecule has 14 heavy (non-hydrogen) atoms. The van der Waals surface area contributed by atoms with Crippen molar-refractivity contribution in [1.82, 2.24) is 10.6 Å². The second-order valence-electron chi connectivity index (χ2n) is 3.16. The van der Waals surface area contributed by atoms with Crippen LogP contribution in [-0.4, -0.2) is 18.9 Å². The van der Waals surface area contributed by atoms with Crippen molar-refractivity contribution in [2.24, 2.45) is 0 Å². The van der Waals surface area contributed by atoms with E-state index < -0.39 is 0 Å². The van der Waals surface area contributed by atoms with Crippen molar-refractivity contribution < 1.29 is 9.53 Å². The quantitative estimate of drug-likeness (QED) is 0.746. The molecular weight excluding hydrogens is 180 g/mol. The van der Waals surface area contributed by atoms with Crippen LogP contribution in [0.5, 0.6) is 0 Å². The maximum absolute atomic E-state index is 10.7. The number of benzene rings is 1. The molecule has 1 heterocycles. The van der Waals surface area contributed by atoms with E-state index in [1.54, 1.807) is 0 Å². The van der Waals surface area contributed by atoms with Crippen LogP contribution in [0.25, 0.3) is 0 Å². The van der Waals surface area contributed by atoms with Gasteiger partial charge in [-0.3, -0.25) is 5.32 Å². The Hall–Kier alpha value is -1.55. The summed E-state index contributed by atoms with van der Waals surface area (Å²) in [6, 6.07) is 10.0. The molecule has 1 aromatic carbocycles. The Morgan fingerprint density at radius 1 is 1.43 bits per heavy atom. The summed E-state index contributed by atoms with van der Waals surface area (Å²) >= 11 is 0. The molecule has 1 aliphatic rings. The zero-order valence-electron chi connectivity index (χ0n) is 7.69. The zero-order valence-corrected chi connectivity index (χ0v) is 7.69. The highest BCUT2D eigenvalue weighted by Crippen LogP contribution is 2.00. The first-order valence-corrected chi connectivity index (χ1v) is 4.55. The Morgan fingerprint density at radius 2 is 2.21 bits per heavy atom. The van der Waals surface area contributed by atoms with Gasteiger partial charge in [-0.15, -0.1) is 0 Å². The first-order chi connectivity index (χ1) is 6.84. The predicted octanol–water partition coefficient (Wildman–Crippen LogP) is 0.842. The number of alkyl carbamates (subject to hydrolysis) is 1. The molecule has 1 aromatic rings. The molecule has 74 valence electrons. The maximum atomic E-state index is 10.7. The van der Waals surface area contributed by atoms with E-state index in [0.717, 1.165) is 6.54 Å². The maximum Gasteiger partial charge on any atom is 0.408 e. The molecule has 0 saturated carbocycles. The van der Waals surface area contributed by atoms with Crippen LogP contribution in [0.2, 0.25) is 0 Å². The first kappa shape index (κ1) is 9.02. The Balaban J connectivity index is 1.80. The molecule has 1 atom stereocenters. The SMILES string of the molecule is O=C1NC(NCc2ccccc2)CO1. The second-order valence-corrected chi connectivity index (χ2v) is 3.16. The number of nitrogens with one attached hydrogen (secondary N) is 2. The Kier molecular flexibility index (Phi) is 2.65. The summed E-state index contributed by atoms with van der Waals surface area (Å²) in [6.07, 6.45) is -0.418. The minimum atomic E-state index is -0.351. The number of rotatable bonds is 3. The van der Waals surface area contributed by atoms with Gasteiger partial charge in [-0.25, -0.2) is 4.79 Å². The summed E-state index contributed by atoms with van der Waals surface area (Å²) in [4.78, 5) is 10.7. The van der Waals surface area contributed by atoms with Gasteiger partial charge in [0, 0.05) is 6.54 Å². The number of cyclic esters (lactones) is 1. The predicted molar refractivity (Wildman–Crippen MR) is 51.6 cm³/mol. The Bertz CT molecular complexity index is 313. The van der Waals surface area contributed by atoms with Crippen molar-refractivity contribution in [3.8, 4) is 0 Å². The third-order valence-corrected chi connectivity index (χ3v) is 2.07. The summed E-state index contributed by atoms with van der Waals surface area (Å²) in [5.74, 6) is 0. The summed E-state index contributed by atoms with van der Waals surface area (Å²) < 4.78 is 4.74. The van der Waals surface area contributed by atoms with Gasteiger partial charge in [0.05, 0.1) is 0 Å². The van der Waals surface area contributed by atoms with Crippen molar-refractivity contribution in [3.05, 3.63) is 35.9 Å². The highest BCUT2D eigenvalue weighted by molar-refractivity contribution is 5.69. The number of amides is 1. The van der Waals surface area contributed by atoms with Gasteiger partial charge in [0.15, 0.2) is 0 Å². The lowest BCUT2D eigenvalue weighted by Crippen LogP contribution is -2.39. The molecule has 0 aromatic heterocycles. The number of hydrogen-bond donors (Lipinski definition) is 2. The van der Waals surface area contributed by atoms with Crippen LogP contribution in [0, 0.1) is 0 Å². The van der Waals surface area contributed by atoms with E-state index in [-0.39, 0.29) is 12.3 Å². The van der Waals surface area contributed by atoms with Gasteiger partial charge < -0.3 is 10.1 Å². The van der Waals surface area contributed by atoms with E-state index in [0.29, 0.717) is 6.61 Å². The molecule has 0 radical (unpaired) electrons. The minimum Gasteiger partial charge on any atom is -0.446 e. The number of carbonyl (C=O) groups is 1. The fraction of sp³-hybridized carbons (Fsp3) is 0.300. The van der Waals surface area contributed by atoms with Crippen molar-refractivity contribution in [2.45, 2.75) is 12.7 Å². The van der Waals surface area contributed by atoms with Crippen LogP contribution in [-0.2, 0) is 11.3 Å². The number of ether oxygens (including phenoxy) is 1. The fourth-order valence-corrected chi connectivity index (χ4v) is 1.33. The fourth-order valence-electron chi connectivity index (χ4n) is 1.33. The summed E-state index contributed by atoms with van der Waals surface area (Å²) in [7, 11) is 0.